The molecule has 6 nitrogen and oxygen atoms in total. The summed E-state index contributed by atoms with van der Waals surface area (Å²) in [4.78, 5) is 11.4. The highest BCUT2D eigenvalue weighted by Gasteiger charge is 2.17. The predicted molar refractivity (Wildman–Crippen MR) is 91.5 cm³/mol. The van der Waals surface area contributed by atoms with Crippen LogP contribution in [0.4, 0.5) is 5.82 Å². The van der Waals surface area contributed by atoms with Crippen molar-refractivity contribution in [1.82, 2.24) is 19.4 Å². The molecule has 1 N–H and O–H groups in total. The van der Waals surface area contributed by atoms with Gasteiger partial charge in [0.1, 0.15) is 11.6 Å². The van der Waals surface area contributed by atoms with E-state index in [9.17, 15) is 0 Å². The molecule has 1 aliphatic rings. The number of hydrogen-bond donors (Lipinski definition) is 1. The Kier molecular flexibility index (Phi) is 4.29. The van der Waals surface area contributed by atoms with Crippen LogP contribution in [-0.4, -0.2) is 32.5 Å². The van der Waals surface area contributed by atoms with Crippen LogP contribution < -0.4 is 5.32 Å². The van der Waals surface area contributed by atoms with Crippen molar-refractivity contribution in [3.05, 3.63) is 66.3 Å². The largest absolute Gasteiger partial charge is 0.472 e. The normalized spacial score (nSPS) is 15.0. The number of rotatable bonds is 5. The van der Waals surface area contributed by atoms with E-state index < -0.39 is 0 Å². The Balaban J connectivity index is 1.40. The third kappa shape index (κ3) is 3.33. The summed E-state index contributed by atoms with van der Waals surface area (Å²) in [6.45, 7) is 4.68. The molecule has 4 heterocycles. The molecule has 0 saturated carbocycles. The fraction of sp³-hybridized carbons (Fsp3) is 0.333. The molecule has 0 bridgehead atoms. The first-order chi connectivity index (χ1) is 11.9. The maximum Gasteiger partial charge on any atom is 0.126 e. The smallest absolute Gasteiger partial charge is 0.126 e. The number of nitrogens with zero attached hydrogens (tertiary/aromatic N) is 4. The number of fused-ring (bicyclic) bond motifs is 1. The van der Waals surface area contributed by atoms with Gasteiger partial charge in [0.05, 0.1) is 31.0 Å². The molecule has 3 aromatic rings. The fourth-order valence-electron chi connectivity index (χ4n) is 3.13. The second kappa shape index (κ2) is 6.88. The minimum absolute atomic E-state index is 0.742. The number of hydrogen-bond acceptors (Lipinski definition) is 5. The summed E-state index contributed by atoms with van der Waals surface area (Å²) < 4.78 is 7.51. The van der Waals surface area contributed by atoms with Crippen molar-refractivity contribution in [3.63, 3.8) is 0 Å². The summed E-state index contributed by atoms with van der Waals surface area (Å²) in [6.07, 6.45) is 8.32. The number of imidazole rings is 1. The molecule has 0 spiro atoms. The minimum atomic E-state index is 0.742. The molecule has 0 atom stereocenters. The molecule has 0 fully saturated rings. The number of pyridine rings is 1. The van der Waals surface area contributed by atoms with Gasteiger partial charge in [-0.05, 0) is 18.2 Å². The van der Waals surface area contributed by atoms with Gasteiger partial charge in [0.25, 0.3) is 0 Å². The van der Waals surface area contributed by atoms with Gasteiger partial charge < -0.3 is 14.3 Å². The molecule has 0 aromatic carbocycles. The second-order valence-corrected chi connectivity index (χ2v) is 6.04. The summed E-state index contributed by atoms with van der Waals surface area (Å²) in [5.41, 5.74) is 2.44. The SMILES string of the molecule is c1ccc(NCc2cnc3n2CCN(Cc2ccoc2)CC3)nc1. The summed E-state index contributed by atoms with van der Waals surface area (Å²) in [6, 6.07) is 7.92. The van der Waals surface area contributed by atoms with Gasteiger partial charge in [0.15, 0.2) is 0 Å². The lowest BCUT2D eigenvalue weighted by Crippen LogP contribution is -2.26. The molecule has 24 heavy (non-hydrogen) atoms. The lowest BCUT2D eigenvalue weighted by molar-refractivity contribution is 0.270. The zero-order valence-corrected chi connectivity index (χ0v) is 13.6. The lowest BCUT2D eigenvalue weighted by Gasteiger charge is -2.18. The Bertz CT molecular complexity index is 766. The molecule has 0 amide bonds. The van der Waals surface area contributed by atoms with Gasteiger partial charge in [0, 0.05) is 44.4 Å². The van der Waals surface area contributed by atoms with Gasteiger partial charge >= 0.3 is 0 Å². The number of furan rings is 1. The van der Waals surface area contributed by atoms with Gasteiger partial charge in [-0.2, -0.15) is 0 Å². The van der Waals surface area contributed by atoms with Crippen molar-refractivity contribution in [2.24, 2.45) is 0 Å². The average molecular weight is 323 g/mol. The van der Waals surface area contributed by atoms with E-state index in [-0.39, 0.29) is 0 Å². The van der Waals surface area contributed by atoms with Crippen LogP contribution in [0.1, 0.15) is 17.1 Å². The van der Waals surface area contributed by atoms with Crippen LogP contribution in [0.3, 0.4) is 0 Å². The number of aromatic nitrogens is 3. The van der Waals surface area contributed by atoms with E-state index in [1.165, 1.54) is 17.1 Å². The van der Waals surface area contributed by atoms with Crippen molar-refractivity contribution >= 4 is 5.82 Å². The molecule has 1 aliphatic heterocycles. The molecule has 0 aliphatic carbocycles. The number of nitrogens with one attached hydrogen (secondary N) is 1. The van der Waals surface area contributed by atoms with Crippen LogP contribution in [0, 0.1) is 0 Å². The predicted octanol–water partition coefficient (Wildman–Crippen LogP) is 2.54. The van der Waals surface area contributed by atoms with Gasteiger partial charge in [-0.1, -0.05) is 6.07 Å². The van der Waals surface area contributed by atoms with Gasteiger partial charge in [-0.15, -0.1) is 0 Å². The standard InChI is InChI=1S/C18H21N5O/c1-2-6-19-17(3-1)20-11-16-12-21-18-4-7-22(8-9-23(16)18)13-15-5-10-24-14-15/h1-3,5-6,10,12,14H,4,7-9,11,13H2,(H,19,20). The first-order valence-corrected chi connectivity index (χ1v) is 8.30. The molecule has 4 rings (SSSR count). The third-order valence-electron chi connectivity index (χ3n) is 4.41. The van der Waals surface area contributed by atoms with Gasteiger partial charge in [-0.25, -0.2) is 9.97 Å². The maximum absolute atomic E-state index is 5.17. The van der Waals surface area contributed by atoms with E-state index in [0.29, 0.717) is 0 Å². The summed E-state index contributed by atoms with van der Waals surface area (Å²) in [7, 11) is 0. The zero-order valence-electron chi connectivity index (χ0n) is 13.6. The number of anilines is 1. The molecule has 6 heteroatoms. The Labute approximate surface area is 141 Å². The quantitative estimate of drug-likeness (QED) is 0.782. The van der Waals surface area contributed by atoms with Crippen molar-refractivity contribution in [2.45, 2.75) is 26.1 Å². The fourth-order valence-corrected chi connectivity index (χ4v) is 3.13. The van der Waals surface area contributed by atoms with E-state index in [0.717, 1.165) is 45.0 Å². The van der Waals surface area contributed by atoms with Crippen molar-refractivity contribution in [2.75, 3.05) is 18.4 Å². The molecular weight excluding hydrogens is 302 g/mol. The topological polar surface area (TPSA) is 59.1 Å². The summed E-state index contributed by atoms with van der Waals surface area (Å²) in [5.74, 6) is 2.06. The molecule has 0 saturated heterocycles. The third-order valence-corrected chi connectivity index (χ3v) is 4.41. The monoisotopic (exact) mass is 323 g/mol. The Morgan fingerprint density at radius 1 is 1.12 bits per heavy atom. The molecule has 3 aromatic heterocycles. The van der Waals surface area contributed by atoms with Crippen LogP contribution >= 0.6 is 0 Å². The zero-order chi connectivity index (χ0) is 16.2. The first kappa shape index (κ1) is 15.0. The van der Waals surface area contributed by atoms with Crippen LogP contribution in [0.5, 0.6) is 0 Å². The molecule has 0 unspecified atom stereocenters. The highest BCUT2D eigenvalue weighted by Crippen LogP contribution is 2.15. The maximum atomic E-state index is 5.17. The van der Waals surface area contributed by atoms with E-state index in [1.54, 1.807) is 12.5 Å². The summed E-state index contributed by atoms with van der Waals surface area (Å²) >= 11 is 0. The van der Waals surface area contributed by atoms with Crippen LogP contribution in [0.2, 0.25) is 0 Å². The van der Waals surface area contributed by atoms with Crippen LogP contribution in [0.25, 0.3) is 0 Å². The average Bonchev–Trinajstić information content (AvgIpc) is 3.21. The molecule has 0 radical (unpaired) electrons. The van der Waals surface area contributed by atoms with Gasteiger partial charge in [0.2, 0.25) is 0 Å². The Hall–Kier alpha value is -2.60. The second-order valence-electron chi connectivity index (χ2n) is 6.04. The lowest BCUT2D eigenvalue weighted by atomic mass is 10.3. The minimum Gasteiger partial charge on any atom is -0.472 e. The summed E-state index contributed by atoms with van der Waals surface area (Å²) in [5, 5.41) is 3.37. The van der Waals surface area contributed by atoms with E-state index in [4.69, 9.17) is 4.42 Å². The van der Waals surface area contributed by atoms with E-state index in [2.05, 4.69) is 24.8 Å². The van der Waals surface area contributed by atoms with Crippen molar-refractivity contribution < 1.29 is 4.42 Å². The van der Waals surface area contributed by atoms with Gasteiger partial charge in [-0.3, -0.25) is 4.90 Å². The van der Waals surface area contributed by atoms with E-state index >= 15 is 0 Å². The van der Waals surface area contributed by atoms with Crippen molar-refractivity contribution in [3.8, 4) is 0 Å². The molecular formula is C18H21N5O. The van der Waals surface area contributed by atoms with E-state index in [1.807, 2.05) is 36.7 Å². The Morgan fingerprint density at radius 2 is 2.12 bits per heavy atom. The van der Waals surface area contributed by atoms with Crippen LogP contribution in [-0.2, 0) is 26.1 Å². The van der Waals surface area contributed by atoms with Crippen molar-refractivity contribution in [1.29, 1.82) is 0 Å². The highest BCUT2D eigenvalue weighted by molar-refractivity contribution is 5.33. The highest BCUT2D eigenvalue weighted by atomic mass is 16.3. The van der Waals surface area contributed by atoms with Crippen LogP contribution in [0.15, 0.2) is 53.6 Å². The molecule has 124 valence electrons. The Morgan fingerprint density at radius 3 is 2.96 bits per heavy atom. The first-order valence-electron chi connectivity index (χ1n) is 8.30.